The highest BCUT2D eigenvalue weighted by atomic mass is 32.2. The fourth-order valence-corrected chi connectivity index (χ4v) is 4.15. The van der Waals surface area contributed by atoms with E-state index in [9.17, 15) is 9.18 Å². The van der Waals surface area contributed by atoms with Crippen molar-refractivity contribution in [1.82, 2.24) is 15.5 Å². The Morgan fingerprint density at radius 2 is 2.21 bits per heavy atom. The lowest BCUT2D eigenvalue weighted by molar-refractivity contribution is 0.0931. The molecule has 3 aromatic rings. The average Bonchev–Trinajstić information content (AvgIpc) is 2.98. The smallest absolute Gasteiger partial charge is 0.272 e. The summed E-state index contributed by atoms with van der Waals surface area (Å²) in [6.45, 7) is 1.98. The minimum atomic E-state index is -0.281. The number of carbonyl (C=O) groups excluding carboxylic acids is 1. The van der Waals surface area contributed by atoms with Crippen LogP contribution in [0.15, 0.2) is 41.3 Å². The van der Waals surface area contributed by atoms with Crippen LogP contribution in [-0.4, -0.2) is 21.9 Å². The Hall–Kier alpha value is -2.34. The molecule has 2 N–H and O–H groups in total. The number of aryl methyl sites for hydroxylation is 1. The van der Waals surface area contributed by atoms with Gasteiger partial charge < -0.3 is 5.32 Å². The number of nitrogens with one attached hydrogen (secondary N) is 2. The van der Waals surface area contributed by atoms with Crippen LogP contribution in [-0.2, 0) is 0 Å². The van der Waals surface area contributed by atoms with Crippen LogP contribution in [0.4, 0.5) is 4.39 Å². The van der Waals surface area contributed by atoms with Gasteiger partial charge in [0.2, 0.25) is 0 Å². The largest absolute Gasteiger partial charge is 0.344 e. The number of rotatable bonds is 2. The van der Waals surface area contributed by atoms with Gasteiger partial charge in [0.1, 0.15) is 5.82 Å². The van der Waals surface area contributed by atoms with E-state index in [4.69, 9.17) is 0 Å². The summed E-state index contributed by atoms with van der Waals surface area (Å²) in [4.78, 5) is 13.7. The van der Waals surface area contributed by atoms with E-state index in [1.165, 1.54) is 12.1 Å². The van der Waals surface area contributed by atoms with Gasteiger partial charge in [-0.3, -0.25) is 9.89 Å². The van der Waals surface area contributed by atoms with E-state index in [1.54, 1.807) is 17.8 Å². The lowest BCUT2D eigenvalue weighted by Crippen LogP contribution is -2.31. The van der Waals surface area contributed by atoms with Gasteiger partial charge in [0.25, 0.3) is 5.91 Å². The van der Waals surface area contributed by atoms with Crippen molar-refractivity contribution in [3.05, 3.63) is 59.0 Å². The number of hydrogen-bond donors (Lipinski definition) is 2. The zero-order chi connectivity index (χ0) is 16.7. The highest BCUT2D eigenvalue weighted by Gasteiger charge is 2.25. The van der Waals surface area contributed by atoms with Gasteiger partial charge in [-0.05, 0) is 49.2 Å². The zero-order valence-corrected chi connectivity index (χ0v) is 13.9. The average molecular weight is 341 g/mol. The molecule has 24 heavy (non-hydrogen) atoms. The maximum atomic E-state index is 13.6. The van der Waals surface area contributed by atoms with Gasteiger partial charge in [-0.1, -0.05) is 11.6 Å². The predicted octanol–water partition coefficient (Wildman–Crippen LogP) is 3.98. The van der Waals surface area contributed by atoms with Crippen molar-refractivity contribution in [2.24, 2.45) is 0 Å². The highest BCUT2D eigenvalue weighted by molar-refractivity contribution is 7.99. The van der Waals surface area contributed by atoms with Crippen molar-refractivity contribution < 1.29 is 9.18 Å². The number of thioether (sulfide) groups is 1. The normalized spacial score (nSPS) is 16.8. The van der Waals surface area contributed by atoms with Gasteiger partial charge in [0.15, 0.2) is 5.69 Å². The minimum Gasteiger partial charge on any atom is -0.344 e. The second-order valence-corrected chi connectivity index (χ2v) is 7.10. The fraction of sp³-hybridized carbons (Fsp3) is 0.222. The molecule has 4 rings (SSSR count). The third-order valence-electron chi connectivity index (χ3n) is 4.25. The quantitative estimate of drug-likeness (QED) is 0.741. The van der Waals surface area contributed by atoms with Crippen molar-refractivity contribution in [1.29, 1.82) is 0 Å². The highest BCUT2D eigenvalue weighted by Crippen LogP contribution is 2.36. The van der Waals surface area contributed by atoms with Crippen molar-refractivity contribution >= 4 is 28.6 Å². The molecule has 1 aliphatic rings. The minimum absolute atomic E-state index is 0.194. The summed E-state index contributed by atoms with van der Waals surface area (Å²) in [5, 5.41) is 10.9. The Morgan fingerprint density at radius 1 is 1.33 bits per heavy atom. The molecule has 0 saturated carbocycles. The van der Waals surface area contributed by atoms with Crippen LogP contribution in [0.25, 0.3) is 10.9 Å². The zero-order valence-electron chi connectivity index (χ0n) is 13.1. The molecule has 1 atom stereocenters. The van der Waals surface area contributed by atoms with Gasteiger partial charge in [0.05, 0.1) is 11.6 Å². The van der Waals surface area contributed by atoms with E-state index in [0.29, 0.717) is 5.69 Å². The molecule has 0 bridgehead atoms. The first-order valence-corrected chi connectivity index (χ1v) is 8.78. The number of H-pyrrole nitrogens is 1. The Balaban J connectivity index is 1.65. The van der Waals surface area contributed by atoms with E-state index in [0.717, 1.165) is 39.1 Å². The first-order valence-electron chi connectivity index (χ1n) is 7.79. The SMILES string of the molecule is Cc1ccc2[nH]nc(C(=O)NC3CCSc4ccc(F)cc43)c2c1. The number of fused-ring (bicyclic) bond motifs is 2. The number of halogens is 1. The lowest BCUT2D eigenvalue weighted by Gasteiger charge is -2.25. The Labute approximate surface area is 142 Å². The standard InChI is InChI=1S/C18H16FN3OS/c1-10-2-4-15-13(8-10)17(22-21-15)18(23)20-14-6-7-24-16-5-3-11(19)9-12(14)16/h2-5,8-9,14H,6-7H2,1H3,(H,20,23)(H,21,22). The van der Waals surface area contributed by atoms with Crippen LogP contribution in [0.5, 0.6) is 0 Å². The van der Waals surface area contributed by atoms with E-state index < -0.39 is 0 Å². The number of amides is 1. The molecule has 0 radical (unpaired) electrons. The number of hydrogen-bond acceptors (Lipinski definition) is 3. The lowest BCUT2D eigenvalue weighted by atomic mass is 10.0. The van der Waals surface area contributed by atoms with Crippen LogP contribution >= 0.6 is 11.8 Å². The maximum absolute atomic E-state index is 13.6. The molecule has 1 amide bonds. The summed E-state index contributed by atoms with van der Waals surface area (Å²) in [5.74, 6) is 0.375. The van der Waals surface area contributed by atoms with Crippen LogP contribution in [0, 0.1) is 12.7 Å². The molecule has 6 heteroatoms. The molecular weight excluding hydrogens is 325 g/mol. The fourth-order valence-electron chi connectivity index (χ4n) is 3.04. The van der Waals surface area contributed by atoms with Crippen molar-refractivity contribution in [3.63, 3.8) is 0 Å². The molecule has 4 nitrogen and oxygen atoms in total. The molecule has 1 aliphatic heterocycles. The Morgan fingerprint density at radius 3 is 3.08 bits per heavy atom. The summed E-state index contributed by atoms with van der Waals surface area (Å²) in [6.07, 6.45) is 0.772. The van der Waals surface area contributed by atoms with Crippen molar-refractivity contribution in [2.75, 3.05) is 5.75 Å². The van der Waals surface area contributed by atoms with E-state index in [-0.39, 0.29) is 17.8 Å². The van der Waals surface area contributed by atoms with E-state index in [2.05, 4.69) is 15.5 Å². The topological polar surface area (TPSA) is 57.8 Å². The number of benzene rings is 2. The second kappa shape index (κ2) is 5.94. The number of aromatic amines is 1. The maximum Gasteiger partial charge on any atom is 0.272 e. The first kappa shape index (κ1) is 15.2. The second-order valence-electron chi connectivity index (χ2n) is 5.97. The van der Waals surface area contributed by atoms with Gasteiger partial charge >= 0.3 is 0 Å². The van der Waals surface area contributed by atoms with E-state index in [1.807, 2.05) is 25.1 Å². The molecule has 1 unspecified atom stereocenters. The predicted molar refractivity (Wildman–Crippen MR) is 92.8 cm³/mol. The molecule has 2 aromatic carbocycles. The summed E-state index contributed by atoms with van der Waals surface area (Å²) in [6, 6.07) is 10.4. The van der Waals surface area contributed by atoms with Crippen LogP contribution < -0.4 is 5.32 Å². The third-order valence-corrected chi connectivity index (χ3v) is 5.37. The molecule has 2 heterocycles. The van der Waals surface area contributed by atoms with Crippen LogP contribution in [0.1, 0.15) is 34.1 Å². The number of aromatic nitrogens is 2. The van der Waals surface area contributed by atoms with Gasteiger partial charge in [0, 0.05) is 16.0 Å². The third kappa shape index (κ3) is 2.67. The van der Waals surface area contributed by atoms with E-state index >= 15 is 0 Å². The number of carbonyl (C=O) groups is 1. The molecule has 122 valence electrons. The van der Waals surface area contributed by atoms with Gasteiger partial charge in [-0.15, -0.1) is 11.8 Å². The summed E-state index contributed by atoms with van der Waals surface area (Å²) >= 11 is 1.69. The molecule has 0 fully saturated rings. The summed E-state index contributed by atoms with van der Waals surface area (Å²) < 4.78 is 13.6. The molecule has 1 aromatic heterocycles. The summed E-state index contributed by atoms with van der Waals surface area (Å²) in [7, 11) is 0. The monoisotopic (exact) mass is 341 g/mol. The van der Waals surface area contributed by atoms with Gasteiger partial charge in [-0.25, -0.2) is 4.39 Å². The Bertz CT molecular complexity index is 937. The molecule has 0 aliphatic carbocycles. The molecule has 0 spiro atoms. The van der Waals surface area contributed by atoms with Crippen molar-refractivity contribution in [2.45, 2.75) is 24.3 Å². The first-order chi connectivity index (χ1) is 11.6. The van der Waals surface area contributed by atoms with Crippen LogP contribution in [0.3, 0.4) is 0 Å². The molecule has 0 saturated heterocycles. The van der Waals surface area contributed by atoms with Crippen molar-refractivity contribution in [3.8, 4) is 0 Å². The molecular formula is C18H16FN3OS. The van der Waals surface area contributed by atoms with Crippen LogP contribution in [0.2, 0.25) is 0 Å². The summed E-state index contributed by atoms with van der Waals surface area (Å²) in [5.41, 5.74) is 3.12. The Kier molecular flexibility index (Phi) is 3.76. The number of nitrogens with zero attached hydrogens (tertiary/aromatic N) is 1. The van der Waals surface area contributed by atoms with Gasteiger partial charge in [-0.2, -0.15) is 5.10 Å².